The number of ether oxygens (including phenoxy) is 3. The van der Waals surface area contributed by atoms with Crippen LogP contribution in [-0.2, 0) is 32.5 Å². The zero-order valence-corrected chi connectivity index (χ0v) is 24.7. The minimum absolute atomic E-state index is 0.0124. The lowest BCUT2D eigenvalue weighted by Gasteiger charge is -2.49. The van der Waals surface area contributed by atoms with Crippen LogP contribution in [0.2, 0.25) is 0 Å². The van der Waals surface area contributed by atoms with Crippen molar-refractivity contribution >= 4 is 28.2 Å². The normalized spacial score (nSPS) is 30.4. The van der Waals surface area contributed by atoms with Crippen molar-refractivity contribution in [3.8, 4) is 5.75 Å². The third kappa shape index (κ3) is 4.50. The third-order valence-electron chi connectivity index (χ3n) is 10.1. The number of esters is 1. The van der Waals surface area contributed by atoms with Crippen molar-refractivity contribution in [1.82, 2.24) is 0 Å². The van der Waals surface area contributed by atoms with Crippen molar-refractivity contribution in [3.63, 3.8) is 0 Å². The number of rotatable bonds is 5. The predicted molar refractivity (Wildman–Crippen MR) is 153 cm³/mol. The molecule has 7 heteroatoms. The molecule has 1 N–H and O–H groups in total. The molecule has 2 heterocycles. The number of anilines is 1. The van der Waals surface area contributed by atoms with Gasteiger partial charge in [0.2, 0.25) is 5.91 Å². The lowest BCUT2D eigenvalue weighted by molar-refractivity contribution is -0.130. The van der Waals surface area contributed by atoms with Gasteiger partial charge in [-0.3, -0.25) is 4.79 Å². The van der Waals surface area contributed by atoms with Gasteiger partial charge in [0.1, 0.15) is 10.8 Å². The Morgan fingerprint density at radius 2 is 2.00 bits per heavy atom. The lowest BCUT2D eigenvalue weighted by Crippen LogP contribution is -2.43. The minimum Gasteiger partial charge on any atom is -0.497 e. The quantitative estimate of drug-likeness (QED) is 0.422. The molecular weight excluding hydrogens is 510 g/mol. The second-order valence-electron chi connectivity index (χ2n) is 12.8. The van der Waals surface area contributed by atoms with Crippen LogP contribution in [0.1, 0.15) is 97.6 Å². The number of carbonyl (C=O) groups is 2. The smallest absolute Gasteiger partial charge is 0.341 e. The number of fused-ring (bicyclic) bond motifs is 7. The molecule has 2 aromatic rings. The summed E-state index contributed by atoms with van der Waals surface area (Å²) in [6, 6.07) is 6.61. The first-order valence-electron chi connectivity index (χ1n) is 14.6. The molecule has 2 fully saturated rings. The largest absolute Gasteiger partial charge is 0.497 e. The average Bonchev–Trinajstić information content (AvgIpc) is 3.41. The Morgan fingerprint density at radius 1 is 1.18 bits per heavy atom. The number of hydrogen-bond acceptors (Lipinski definition) is 6. The zero-order chi connectivity index (χ0) is 27.5. The predicted octanol–water partition coefficient (Wildman–Crippen LogP) is 6.65. The van der Waals surface area contributed by atoms with E-state index in [1.807, 2.05) is 20.8 Å². The maximum absolute atomic E-state index is 13.5. The number of benzene rings is 1. The summed E-state index contributed by atoms with van der Waals surface area (Å²) < 4.78 is 16.9. The number of hydrogen-bond donors (Lipinski definition) is 1. The van der Waals surface area contributed by atoms with Crippen LogP contribution in [0.5, 0.6) is 5.75 Å². The van der Waals surface area contributed by atoms with Gasteiger partial charge in [-0.1, -0.05) is 13.0 Å². The second-order valence-corrected chi connectivity index (χ2v) is 13.9. The fourth-order valence-corrected chi connectivity index (χ4v) is 9.66. The van der Waals surface area contributed by atoms with E-state index < -0.39 is 0 Å². The Morgan fingerprint density at radius 3 is 2.74 bits per heavy atom. The average molecular weight is 552 g/mol. The molecule has 1 aromatic carbocycles. The molecule has 0 spiro atoms. The van der Waals surface area contributed by atoms with Crippen LogP contribution < -0.4 is 10.1 Å². The molecule has 210 valence electrons. The van der Waals surface area contributed by atoms with E-state index in [2.05, 4.69) is 30.4 Å². The van der Waals surface area contributed by atoms with Gasteiger partial charge in [0, 0.05) is 17.4 Å². The van der Waals surface area contributed by atoms with Gasteiger partial charge in [0.25, 0.3) is 0 Å². The first-order valence-corrected chi connectivity index (χ1v) is 15.4. The molecule has 1 amide bonds. The Balaban J connectivity index is 1.31. The number of carbonyl (C=O) groups excluding carboxylic acids is 2. The molecule has 4 aliphatic rings. The van der Waals surface area contributed by atoms with Gasteiger partial charge >= 0.3 is 5.97 Å². The summed E-state index contributed by atoms with van der Waals surface area (Å²) in [5.74, 6) is 2.12. The summed E-state index contributed by atoms with van der Waals surface area (Å²) in [4.78, 5) is 28.1. The fourth-order valence-electron chi connectivity index (χ4n) is 8.27. The van der Waals surface area contributed by atoms with Gasteiger partial charge in [-0.15, -0.1) is 11.3 Å². The van der Waals surface area contributed by atoms with Crippen LogP contribution in [0.15, 0.2) is 18.2 Å². The SMILES string of the molecule is CCOC(=O)c1c(NC(=O)C2CCOC(C)(C)C2)sc2c1C1(C)CCC3c4ccc(OC)cc4CCC3C1C2. The maximum atomic E-state index is 13.5. The number of aryl methyl sites for hydroxylation is 1. The van der Waals surface area contributed by atoms with Gasteiger partial charge in [0.05, 0.1) is 24.9 Å². The maximum Gasteiger partial charge on any atom is 0.341 e. The fraction of sp³-hybridized carbons (Fsp3) is 0.625. The van der Waals surface area contributed by atoms with Crippen LogP contribution in [0.3, 0.4) is 0 Å². The zero-order valence-electron chi connectivity index (χ0n) is 23.9. The molecule has 39 heavy (non-hydrogen) atoms. The Labute approximate surface area is 235 Å². The summed E-state index contributed by atoms with van der Waals surface area (Å²) in [6.07, 6.45) is 6.71. The number of thiophene rings is 1. The van der Waals surface area contributed by atoms with Crippen LogP contribution in [0, 0.1) is 17.8 Å². The van der Waals surface area contributed by atoms with Gasteiger partial charge < -0.3 is 19.5 Å². The van der Waals surface area contributed by atoms with Crippen molar-refractivity contribution < 1.29 is 23.8 Å². The molecule has 1 saturated carbocycles. The van der Waals surface area contributed by atoms with E-state index in [4.69, 9.17) is 14.2 Å². The van der Waals surface area contributed by atoms with E-state index in [0.29, 0.717) is 54.4 Å². The van der Waals surface area contributed by atoms with Gasteiger partial charge in [0.15, 0.2) is 0 Å². The molecule has 6 nitrogen and oxygen atoms in total. The number of amides is 1. The molecule has 6 rings (SSSR count). The van der Waals surface area contributed by atoms with Crippen molar-refractivity contribution in [1.29, 1.82) is 0 Å². The molecule has 5 atom stereocenters. The van der Waals surface area contributed by atoms with Gasteiger partial charge in [-0.05, 0) is 118 Å². The van der Waals surface area contributed by atoms with Crippen molar-refractivity contribution in [2.45, 2.75) is 89.6 Å². The van der Waals surface area contributed by atoms with Crippen LogP contribution in [0.25, 0.3) is 0 Å². The topological polar surface area (TPSA) is 73.9 Å². The molecule has 0 radical (unpaired) electrons. The van der Waals surface area contributed by atoms with Crippen LogP contribution >= 0.6 is 11.3 Å². The van der Waals surface area contributed by atoms with Gasteiger partial charge in [-0.2, -0.15) is 0 Å². The molecule has 1 aromatic heterocycles. The molecule has 1 saturated heterocycles. The van der Waals surface area contributed by atoms with Crippen LogP contribution in [0.4, 0.5) is 5.00 Å². The highest BCUT2D eigenvalue weighted by molar-refractivity contribution is 7.17. The van der Waals surface area contributed by atoms with E-state index >= 15 is 0 Å². The Hall–Kier alpha value is -2.38. The third-order valence-corrected chi connectivity index (χ3v) is 11.2. The second kappa shape index (κ2) is 9.91. The summed E-state index contributed by atoms with van der Waals surface area (Å²) in [5.41, 5.74) is 4.27. The van der Waals surface area contributed by atoms with E-state index in [1.54, 1.807) is 18.4 Å². The molecule has 3 aliphatic carbocycles. The molecular formula is C32H41NO5S. The van der Waals surface area contributed by atoms with E-state index in [1.165, 1.54) is 16.0 Å². The first kappa shape index (κ1) is 26.8. The standard InChI is InChI=1S/C32H41NO5S/c1-6-37-30(35)26-27-25(39-29(26)33-28(34)19-12-14-38-31(2,3)17-19)16-24-23-9-7-18-15-20(36-5)8-10-21(18)22(23)11-13-32(24,27)4/h8,10,15,19,22-24H,6-7,9,11-14,16-17H2,1-5H3,(H,33,34). The van der Waals surface area contributed by atoms with Crippen LogP contribution in [-0.4, -0.2) is 37.8 Å². The highest BCUT2D eigenvalue weighted by Crippen LogP contribution is 2.63. The molecule has 1 aliphatic heterocycles. The summed E-state index contributed by atoms with van der Waals surface area (Å²) in [5, 5.41) is 3.87. The minimum atomic E-state index is -0.315. The number of methoxy groups -OCH3 is 1. The summed E-state index contributed by atoms with van der Waals surface area (Å²) >= 11 is 1.61. The Kier molecular flexibility index (Phi) is 6.82. The summed E-state index contributed by atoms with van der Waals surface area (Å²) in [6.45, 7) is 9.18. The summed E-state index contributed by atoms with van der Waals surface area (Å²) in [7, 11) is 1.73. The van der Waals surface area contributed by atoms with E-state index in [9.17, 15) is 9.59 Å². The highest BCUT2D eigenvalue weighted by Gasteiger charge is 2.55. The van der Waals surface area contributed by atoms with Crippen molar-refractivity contribution in [3.05, 3.63) is 45.3 Å². The van der Waals surface area contributed by atoms with E-state index in [0.717, 1.165) is 43.4 Å². The number of nitrogens with one attached hydrogen (secondary N) is 1. The highest BCUT2D eigenvalue weighted by atomic mass is 32.1. The lowest BCUT2D eigenvalue weighted by atomic mass is 9.54. The Bertz CT molecular complexity index is 1300. The monoisotopic (exact) mass is 551 g/mol. The van der Waals surface area contributed by atoms with E-state index in [-0.39, 0.29) is 28.8 Å². The van der Waals surface area contributed by atoms with Crippen molar-refractivity contribution in [2.24, 2.45) is 17.8 Å². The van der Waals surface area contributed by atoms with Gasteiger partial charge in [-0.25, -0.2) is 4.79 Å². The van der Waals surface area contributed by atoms with Crippen molar-refractivity contribution in [2.75, 3.05) is 25.6 Å². The first-order chi connectivity index (χ1) is 18.6. The molecule has 5 unspecified atom stereocenters. The molecule has 0 bridgehead atoms.